The Balaban J connectivity index is 2.37. The number of benzene rings is 2. The van der Waals surface area contributed by atoms with Crippen molar-refractivity contribution in [1.82, 2.24) is 0 Å². The van der Waals surface area contributed by atoms with Gasteiger partial charge >= 0.3 is 7.60 Å². The lowest BCUT2D eigenvalue weighted by Crippen LogP contribution is -2.18. The molecule has 1 N–H and O–H groups in total. The highest BCUT2D eigenvalue weighted by Crippen LogP contribution is 2.52. The first-order valence-electron chi connectivity index (χ1n) is 8.99. The Morgan fingerprint density at radius 2 is 1.69 bits per heavy atom. The van der Waals surface area contributed by atoms with Gasteiger partial charge in [-0.1, -0.05) is 34.5 Å². The van der Waals surface area contributed by atoms with Crippen LogP contribution in [0, 0.1) is 6.92 Å². The van der Waals surface area contributed by atoms with E-state index >= 15 is 0 Å². The fourth-order valence-electron chi connectivity index (χ4n) is 2.60. The van der Waals surface area contributed by atoms with Crippen molar-refractivity contribution in [2.75, 3.05) is 19.8 Å². The van der Waals surface area contributed by atoms with Crippen LogP contribution in [0.15, 0.2) is 47.6 Å². The molecule has 0 saturated heterocycles. The van der Waals surface area contributed by atoms with Gasteiger partial charge in [0.25, 0.3) is 0 Å². The van der Waals surface area contributed by atoms with Gasteiger partial charge < -0.3 is 19.0 Å². The Labute approximate surface area is 174 Å². The zero-order valence-electron chi connectivity index (χ0n) is 16.4. The van der Waals surface area contributed by atoms with Crippen molar-refractivity contribution in [3.63, 3.8) is 0 Å². The molecule has 0 bridgehead atoms. The van der Waals surface area contributed by atoms with Crippen molar-refractivity contribution in [2.24, 2.45) is 5.16 Å². The minimum Gasteiger partial charge on any atom is -0.485 e. The Kier molecular flexibility index (Phi) is 8.41. The van der Waals surface area contributed by atoms with E-state index in [2.05, 4.69) is 5.16 Å². The van der Waals surface area contributed by atoms with E-state index in [0.717, 1.165) is 5.56 Å². The van der Waals surface area contributed by atoms with Gasteiger partial charge in [-0.3, -0.25) is 9.36 Å². The fraction of sp³-hybridized carbons (Fsp3) is 0.300. The van der Waals surface area contributed by atoms with E-state index in [1.54, 1.807) is 63.2 Å². The molecule has 0 fully saturated rings. The third kappa shape index (κ3) is 5.90. The van der Waals surface area contributed by atoms with Crippen molar-refractivity contribution >= 4 is 30.4 Å². The smallest absolute Gasteiger partial charge is 0.383 e. The van der Waals surface area contributed by atoms with E-state index in [1.165, 1.54) is 0 Å². The summed E-state index contributed by atoms with van der Waals surface area (Å²) in [5.74, 6) is 0.0849. The fourth-order valence-corrected chi connectivity index (χ4v) is 4.32. The predicted molar refractivity (Wildman–Crippen MR) is 112 cm³/mol. The molecule has 0 unspecified atom stereocenters. The number of oxime groups is 1. The largest absolute Gasteiger partial charge is 0.485 e. The van der Waals surface area contributed by atoms with Crippen molar-refractivity contribution < 1.29 is 28.4 Å². The van der Waals surface area contributed by atoms with E-state index in [1.807, 2.05) is 0 Å². The molecule has 9 heteroatoms. The first-order chi connectivity index (χ1) is 13.8. The minimum absolute atomic E-state index is 0.0745. The minimum atomic E-state index is -3.92. The van der Waals surface area contributed by atoms with E-state index in [0.29, 0.717) is 10.8 Å². The van der Waals surface area contributed by atoms with Crippen molar-refractivity contribution in [1.29, 1.82) is 0 Å². The highest BCUT2D eigenvalue weighted by atomic mass is 35.5. The van der Waals surface area contributed by atoms with Crippen LogP contribution in [-0.4, -0.2) is 36.3 Å². The summed E-state index contributed by atoms with van der Waals surface area (Å²) in [5.41, 5.74) is 0.819. The zero-order valence-corrected chi connectivity index (χ0v) is 18.1. The topological polar surface area (TPSA) is 94.4 Å². The molecular weight excluding hydrogens is 417 g/mol. The summed E-state index contributed by atoms with van der Waals surface area (Å²) in [4.78, 5) is 12.9. The number of carbonyl (C=O) groups excluding carboxylic acids is 1. The molecule has 2 aromatic rings. The lowest BCUT2D eigenvalue weighted by atomic mass is 10.0. The van der Waals surface area contributed by atoms with Crippen LogP contribution < -0.4 is 4.74 Å². The first-order valence-corrected chi connectivity index (χ1v) is 10.9. The van der Waals surface area contributed by atoms with Gasteiger partial charge in [0.2, 0.25) is 5.78 Å². The molecule has 2 rings (SSSR count). The third-order valence-corrected chi connectivity index (χ3v) is 6.15. The van der Waals surface area contributed by atoms with E-state index in [-0.39, 0.29) is 42.2 Å². The highest BCUT2D eigenvalue weighted by molar-refractivity contribution is 7.73. The number of hydrogen-bond donors (Lipinski definition) is 1. The molecule has 0 heterocycles. The number of carbonyl (C=O) groups is 1. The lowest BCUT2D eigenvalue weighted by Gasteiger charge is -2.19. The molecule has 0 amide bonds. The van der Waals surface area contributed by atoms with Crippen LogP contribution in [0.2, 0.25) is 5.02 Å². The number of ketones is 1. The summed E-state index contributed by atoms with van der Waals surface area (Å²) < 4.78 is 29.2. The molecule has 29 heavy (non-hydrogen) atoms. The van der Waals surface area contributed by atoms with Gasteiger partial charge in [0, 0.05) is 16.1 Å². The number of halogens is 1. The average molecular weight is 440 g/mol. The van der Waals surface area contributed by atoms with Crippen LogP contribution in [0.1, 0.15) is 35.3 Å². The number of Topliss-reactive ketones (excluding diaryl/α,β-unsaturated/α-hetero) is 1. The zero-order chi connectivity index (χ0) is 21.4. The quantitative estimate of drug-likeness (QED) is 0.177. The first kappa shape index (κ1) is 23.1. The average Bonchev–Trinajstić information content (AvgIpc) is 2.69. The number of ether oxygens (including phenoxy) is 1. The summed E-state index contributed by atoms with van der Waals surface area (Å²) in [6.45, 7) is 4.96. The Hall–Kier alpha value is -2.18. The van der Waals surface area contributed by atoms with E-state index in [9.17, 15) is 14.6 Å². The molecule has 156 valence electrons. The maximum Gasteiger partial charge on any atom is 0.383 e. The van der Waals surface area contributed by atoms with Crippen molar-refractivity contribution in [3.8, 4) is 5.75 Å². The van der Waals surface area contributed by atoms with E-state index in [4.69, 9.17) is 25.4 Å². The monoisotopic (exact) mass is 439 g/mol. The maximum absolute atomic E-state index is 13.1. The molecular formula is C20H23ClNO6P. The van der Waals surface area contributed by atoms with Crippen LogP contribution in [0.5, 0.6) is 5.75 Å². The third-order valence-electron chi connectivity index (χ3n) is 3.85. The van der Waals surface area contributed by atoms with Crippen LogP contribution in [0.4, 0.5) is 0 Å². The van der Waals surface area contributed by atoms with Crippen molar-refractivity contribution in [3.05, 3.63) is 64.2 Å². The summed E-state index contributed by atoms with van der Waals surface area (Å²) >= 11 is 5.84. The molecule has 0 aliphatic heterocycles. The molecule has 0 spiro atoms. The van der Waals surface area contributed by atoms with Crippen LogP contribution in [0.3, 0.4) is 0 Å². The molecule has 0 radical (unpaired) electrons. The molecule has 0 aliphatic carbocycles. The van der Waals surface area contributed by atoms with E-state index < -0.39 is 7.60 Å². The van der Waals surface area contributed by atoms with Gasteiger partial charge in [0.1, 0.15) is 5.75 Å². The summed E-state index contributed by atoms with van der Waals surface area (Å²) in [5, 5.41) is 13.3. The lowest BCUT2D eigenvalue weighted by molar-refractivity contribution is 0.0921. The van der Waals surface area contributed by atoms with Gasteiger partial charge in [-0.05, 0) is 51.1 Å². The Morgan fingerprint density at radius 3 is 2.24 bits per heavy atom. The molecule has 2 aromatic carbocycles. The normalized spacial score (nSPS) is 12.1. The molecule has 0 aromatic heterocycles. The van der Waals surface area contributed by atoms with Crippen molar-refractivity contribution in [2.45, 2.75) is 20.8 Å². The van der Waals surface area contributed by atoms with Crippen LogP contribution in [0.25, 0.3) is 0 Å². The molecule has 7 nitrogen and oxygen atoms in total. The number of rotatable bonds is 10. The second-order valence-electron chi connectivity index (χ2n) is 5.97. The summed E-state index contributed by atoms with van der Waals surface area (Å²) in [6, 6.07) is 11.4. The summed E-state index contributed by atoms with van der Waals surface area (Å²) in [6.07, 6.45) is 0. The maximum atomic E-state index is 13.1. The standard InChI is InChI=1S/C20H23ClNO6P/c1-4-27-29(25,28-5-2)20(22-24)17-11-6-14(3)12-18(17)19(23)13-26-16-9-7-15(21)8-10-16/h6-12,24H,4-5,13H2,1-3H3. The van der Waals surface area contributed by atoms with Gasteiger partial charge in [0.05, 0.1) is 13.2 Å². The number of aryl methyl sites for hydroxylation is 1. The second-order valence-corrected chi connectivity index (χ2v) is 8.34. The number of nitrogens with zero attached hydrogens (tertiary/aromatic N) is 1. The van der Waals surface area contributed by atoms with Crippen LogP contribution >= 0.6 is 19.2 Å². The molecule has 0 saturated carbocycles. The number of hydrogen-bond acceptors (Lipinski definition) is 7. The SMILES string of the molecule is CCOP(=O)(OCC)C(=NO)c1ccc(C)cc1C(=O)COc1ccc(Cl)cc1. The van der Waals surface area contributed by atoms with Gasteiger partial charge in [0.15, 0.2) is 12.1 Å². The molecule has 0 aliphatic rings. The molecule has 0 atom stereocenters. The predicted octanol–water partition coefficient (Wildman–Crippen LogP) is 5.31. The van der Waals surface area contributed by atoms with Gasteiger partial charge in [-0.25, -0.2) is 0 Å². The highest BCUT2D eigenvalue weighted by Gasteiger charge is 2.36. The van der Waals surface area contributed by atoms with Gasteiger partial charge in [-0.15, -0.1) is 0 Å². The Bertz CT molecular complexity index is 919. The summed E-state index contributed by atoms with van der Waals surface area (Å²) in [7, 11) is -3.92. The second kappa shape index (κ2) is 10.6. The Morgan fingerprint density at radius 1 is 1.07 bits per heavy atom. The van der Waals surface area contributed by atoms with Gasteiger partial charge in [-0.2, -0.15) is 0 Å². The van der Waals surface area contributed by atoms with Crippen LogP contribution in [-0.2, 0) is 13.6 Å².